The third kappa shape index (κ3) is 8.86. The van der Waals surface area contributed by atoms with Crippen LogP contribution < -0.4 is 10.6 Å². The minimum atomic E-state index is -3.30. The van der Waals surface area contributed by atoms with Crippen molar-refractivity contribution in [3.63, 3.8) is 0 Å². The van der Waals surface area contributed by atoms with Crippen LogP contribution in [0, 0.1) is 0 Å². The van der Waals surface area contributed by atoms with Crippen molar-refractivity contribution in [3.05, 3.63) is 0 Å². The summed E-state index contributed by atoms with van der Waals surface area (Å²) in [6, 6.07) is -2.02. The summed E-state index contributed by atoms with van der Waals surface area (Å²) in [6.07, 6.45) is 2.28. The van der Waals surface area contributed by atoms with E-state index >= 15 is 0 Å². The summed E-state index contributed by atoms with van der Waals surface area (Å²) in [5, 5.41) is 13.2. The molecule has 0 aromatic carbocycles. The Morgan fingerprint density at radius 3 is 2.30 bits per heavy atom. The molecule has 3 unspecified atom stereocenters. The van der Waals surface area contributed by atoms with Crippen molar-refractivity contribution in [3.8, 4) is 0 Å². The fourth-order valence-corrected chi connectivity index (χ4v) is 2.13. The molecule has 0 radical (unpaired) electrons. The number of hydrogen-bond acceptors (Lipinski definition) is 5. The fraction of sp³-hybridized carbons (Fsp3) is 0.800. The molecule has 0 bridgehead atoms. The number of carboxylic acids is 1. The summed E-state index contributed by atoms with van der Waals surface area (Å²) in [4.78, 5) is 22.4. The first kappa shape index (κ1) is 18.8. The third-order valence-corrected chi connectivity index (χ3v) is 4.77. The van der Waals surface area contributed by atoms with Crippen LogP contribution in [-0.2, 0) is 25.4 Å². The predicted molar refractivity (Wildman–Crippen MR) is 75.8 cm³/mol. The van der Waals surface area contributed by atoms with Crippen molar-refractivity contribution >= 4 is 32.6 Å². The van der Waals surface area contributed by atoms with E-state index in [2.05, 4.69) is 10.6 Å². The molecule has 0 saturated heterocycles. The van der Waals surface area contributed by atoms with Gasteiger partial charge in [-0.1, -0.05) is 0 Å². The molecule has 0 aliphatic heterocycles. The number of aliphatic carboxylic acids is 1. The standard InChI is InChI=1S/C10H20N2O6S2/c1-7(19(2)16)6-11-10(15)12-8(9(13)14)4-5-20(3,17)18/h7-8H,4-6H2,1-3H3,(H,13,14)(H2,11,12,15). The van der Waals surface area contributed by atoms with Gasteiger partial charge in [0.05, 0.1) is 5.75 Å². The number of sulfone groups is 1. The third-order valence-electron chi connectivity index (χ3n) is 2.50. The smallest absolute Gasteiger partial charge is 0.326 e. The molecule has 0 rings (SSSR count). The Morgan fingerprint density at radius 1 is 1.35 bits per heavy atom. The number of nitrogens with one attached hydrogen (secondary N) is 2. The second-order valence-electron chi connectivity index (χ2n) is 4.47. The van der Waals surface area contributed by atoms with Gasteiger partial charge >= 0.3 is 12.0 Å². The van der Waals surface area contributed by atoms with Crippen LogP contribution in [0.15, 0.2) is 0 Å². The van der Waals surface area contributed by atoms with Crippen LogP contribution >= 0.6 is 0 Å². The fourth-order valence-electron chi connectivity index (χ4n) is 1.15. The van der Waals surface area contributed by atoms with Gasteiger partial charge in [0.15, 0.2) is 0 Å². The zero-order valence-corrected chi connectivity index (χ0v) is 13.2. The minimum Gasteiger partial charge on any atom is -0.480 e. The van der Waals surface area contributed by atoms with Gasteiger partial charge < -0.3 is 15.7 Å². The monoisotopic (exact) mass is 328 g/mol. The number of hydrogen-bond donors (Lipinski definition) is 3. The molecule has 0 aromatic heterocycles. The molecule has 3 atom stereocenters. The van der Waals surface area contributed by atoms with Gasteiger partial charge in [-0.3, -0.25) is 4.21 Å². The SMILES string of the molecule is CC(CNC(=O)NC(CCS(C)(=O)=O)C(=O)O)S(C)=O. The molecule has 8 nitrogen and oxygen atoms in total. The lowest BCUT2D eigenvalue weighted by Gasteiger charge is -2.16. The lowest BCUT2D eigenvalue weighted by atomic mass is 10.2. The molecule has 10 heteroatoms. The average Bonchev–Trinajstić information content (AvgIpc) is 2.29. The second kappa shape index (κ2) is 8.20. The van der Waals surface area contributed by atoms with E-state index in [9.17, 15) is 22.2 Å². The highest BCUT2D eigenvalue weighted by atomic mass is 32.2. The maximum Gasteiger partial charge on any atom is 0.326 e. The molecule has 20 heavy (non-hydrogen) atoms. The van der Waals surface area contributed by atoms with Gasteiger partial charge in [0, 0.05) is 35.1 Å². The molecule has 118 valence electrons. The maximum atomic E-state index is 11.5. The zero-order valence-electron chi connectivity index (χ0n) is 11.6. The van der Waals surface area contributed by atoms with Gasteiger partial charge in [-0.2, -0.15) is 0 Å². The van der Waals surface area contributed by atoms with E-state index in [1.807, 2.05) is 0 Å². The van der Waals surface area contributed by atoms with Crippen molar-refractivity contribution in [2.24, 2.45) is 0 Å². The van der Waals surface area contributed by atoms with Crippen molar-refractivity contribution < 1.29 is 27.3 Å². The highest BCUT2D eigenvalue weighted by molar-refractivity contribution is 7.90. The summed E-state index contributed by atoms with van der Waals surface area (Å²) >= 11 is 0. The van der Waals surface area contributed by atoms with E-state index < -0.39 is 38.7 Å². The number of carbonyl (C=O) groups excluding carboxylic acids is 1. The van der Waals surface area contributed by atoms with E-state index in [0.29, 0.717) is 0 Å². The first-order valence-corrected chi connectivity index (χ1v) is 9.48. The van der Waals surface area contributed by atoms with Crippen LogP contribution in [0.4, 0.5) is 4.79 Å². The lowest BCUT2D eigenvalue weighted by molar-refractivity contribution is -0.139. The van der Waals surface area contributed by atoms with Crippen molar-refractivity contribution in [1.82, 2.24) is 10.6 Å². The van der Waals surface area contributed by atoms with E-state index in [1.165, 1.54) is 6.26 Å². The molecule has 0 heterocycles. The molecule has 3 N–H and O–H groups in total. The first-order chi connectivity index (χ1) is 9.03. The van der Waals surface area contributed by atoms with Gasteiger partial charge in [-0.15, -0.1) is 0 Å². The number of urea groups is 1. The highest BCUT2D eigenvalue weighted by Gasteiger charge is 2.21. The van der Waals surface area contributed by atoms with Gasteiger partial charge in [0.25, 0.3) is 0 Å². The van der Waals surface area contributed by atoms with Crippen LogP contribution in [0.3, 0.4) is 0 Å². The van der Waals surface area contributed by atoms with Crippen LogP contribution in [0.25, 0.3) is 0 Å². The molecular weight excluding hydrogens is 308 g/mol. The van der Waals surface area contributed by atoms with E-state index in [1.54, 1.807) is 6.92 Å². The average molecular weight is 328 g/mol. The Labute approximate surface area is 120 Å². The normalized spacial score (nSPS) is 15.9. The molecule has 0 spiro atoms. The number of carboxylic acid groups (broad SMARTS) is 1. The van der Waals surface area contributed by atoms with Crippen LogP contribution in [0.2, 0.25) is 0 Å². The summed E-state index contributed by atoms with van der Waals surface area (Å²) in [6.45, 7) is 1.81. The minimum absolute atomic E-state index is 0.132. The summed E-state index contributed by atoms with van der Waals surface area (Å²) in [5.41, 5.74) is 0. The van der Waals surface area contributed by atoms with Crippen molar-refractivity contribution in [1.29, 1.82) is 0 Å². The first-order valence-electron chi connectivity index (χ1n) is 5.80. The largest absolute Gasteiger partial charge is 0.480 e. The Morgan fingerprint density at radius 2 is 1.90 bits per heavy atom. The van der Waals surface area contributed by atoms with Gasteiger partial charge in [0.2, 0.25) is 0 Å². The van der Waals surface area contributed by atoms with Crippen LogP contribution in [-0.4, -0.2) is 65.8 Å². The Hall–Kier alpha value is -1.16. The summed E-state index contributed by atoms with van der Waals surface area (Å²) in [7, 11) is -4.40. The van der Waals surface area contributed by atoms with E-state index in [0.717, 1.165) is 6.26 Å². The Kier molecular flexibility index (Phi) is 7.72. The Bertz CT molecular complexity index is 476. The summed E-state index contributed by atoms with van der Waals surface area (Å²) in [5.74, 6) is -1.64. The molecule has 0 fully saturated rings. The van der Waals surface area contributed by atoms with Crippen LogP contribution in [0.5, 0.6) is 0 Å². The topological polar surface area (TPSA) is 130 Å². The molecule has 0 aliphatic carbocycles. The van der Waals surface area contributed by atoms with Crippen molar-refractivity contribution in [2.75, 3.05) is 24.8 Å². The highest BCUT2D eigenvalue weighted by Crippen LogP contribution is 1.97. The maximum absolute atomic E-state index is 11.5. The lowest BCUT2D eigenvalue weighted by Crippen LogP contribution is -2.48. The summed E-state index contributed by atoms with van der Waals surface area (Å²) < 4.78 is 33.0. The zero-order chi connectivity index (χ0) is 15.9. The van der Waals surface area contributed by atoms with Crippen LogP contribution in [0.1, 0.15) is 13.3 Å². The van der Waals surface area contributed by atoms with E-state index in [-0.39, 0.29) is 24.0 Å². The number of amides is 2. The molecule has 0 aliphatic rings. The van der Waals surface area contributed by atoms with Gasteiger partial charge in [0.1, 0.15) is 15.9 Å². The molecule has 2 amide bonds. The Balaban J connectivity index is 4.35. The van der Waals surface area contributed by atoms with Gasteiger partial charge in [-0.05, 0) is 13.3 Å². The molecule has 0 saturated carbocycles. The van der Waals surface area contributed by atoms with Crippen molar-refractivity contribution in [2.45, 2.75) is 24.6 Å². The number of rotatable bonds is 8. The second-order valence-corrected chi connectivity index (χ2v) is 8.53. The predicted octanol–water partition coefficient (Wildman–Crippen LogP) is -1.06. The quantitative estimate of drug-likeness (QED) is 0.521. The van der Waals surface area contributed by atoms with Gasteiger partial charge in [-0.25, -0.2) is 18.0 Å². The number of carbonyl (C=O) groups is 2. The molecule has 0 aromatic rings. The van der Waals surface area contributed by atoms with E-state index in [4.69, 9.17) is 5.11 Å². The molecular formula is C10H20N2O6S2.